The smallest absolute Gasteiger partial charge is 0.322 e. The third-order valence-corrected chi connectivity index (χ3v) is 3.11. The highest BCUT2D eigenvalue weighted by Gasteiger charge is 2.32. The Labute approximate surface area is 93.0 Å². The molecule has 0 spiro atoms. The maximum absolute atomic E-state index is 11.6. The van der Waals surface area contributed by atoms with E-state index >= 15 is 0 Å². The SMILES string of the molecule is CN1CC[C@@H](Nc2nc(C3CC3)no2)C1=O. The zero-order chi connectivity index (χ0) is 11.1. The van der Waals surface area contributed by atoms with Crippen LogP contribution in [-0.2, 0) is 4.79 Å². The van der Waals surface area contributed by atoms with Crippen LogP contribution in [0.15, 0.2) is 4.52 Å². The molecule has 1 aliphatic heterocycles. The lowest BCUT2D eigenvalue weighted by Crippen LogP contribution is -2.31. The summed E-state index contributed by atoms with van der Waals surface area (Å²) >= 11 is 0. The minimum atomic E-state index is -0.211. The van der Waals surface area contributed by atoms with Gasteiger partial charge in [-0.05, 0) is 19.3 Å². The van der Waals surface area contributed by atoms with Crippen LogP contribution in [0.1, 0.15) is 31.0 Å². The lowest BCUT2D eigenvalue weighted by Gasteiger charge is -2.09. The van der Waals surface area contributed by atoms with Gasteiger partial charge in [0.2, 0.25) is 5.91 Å². The van der Waals surface area contributed by atoms with Gasteiger partial charge in [-0.25, -0.2) is 0 Å². The number of carbonyl (C=O) groups is 1. The first kappa shape index (κ1) is 9.62. The molecule has 0 aromatic carbocycles. The van der Waals surface area contributed by atoms with Crippen molar-refractivity contribution in [3.05, 3.63) is 5.82 Å². The number of hydrogen-bond acceptors (Lipinski definition) is 5. The molecule has 0 unspecified atom stereocenters. The number of carbonyl (C=O) groups excluding carboxylic acids is 1. The van der Waals surface area contributed by atoms with Gasteiger partial charge in [-0.15, -0.1) is 0 Å². The minimum absolute atomic E-state index is 0.0890. The number of nitrogens with one attached hydrogen (secondary N) is 1. The van der Waals surface area contributed by atoms with Crippen LogP contribution in [0.3, 0.4) is 0 Å². The molecular formula is C10H14N4O2. The molecule has 1 saturated heterocycles. The summed E-state index contributed by atoms with van der Waals surface area (Å²) in [4.78, 5) is 17.6. The maximum Gasteiger partial charge on any atom is 0.322 e. The van der Waals surface area contributed by atoms with Gasteiger partial charge in [-0.3, -0.25) is 4.79 Å². The molecule has 1 aliphatic carbocycles. The standard InChI is InChI=1S/C10H14N4O2/c1-14-5-4-7(9(14)15)11-10-12-8(13-16-10)6-2-3-6/h6-7H,2-5H2,1H3,(H,11,12,13)/t7-/m1/s1. The summed E-state index contributed by atoms with van der Waals surface area (Å²) in [5, 5.41) is 6.88. The number of aromatic nitrogens is 2. The largest absolute Gasteiger partial charge is 0.344 e. The Bertz CT molecular complexity index is 413. The van der Waals surface area contributed by atoms with Crippen LogP contribution >= 0.6 is 0 Å². The zero-order valence-corrected chi connectivity index (χ0v) is 9.14. The van der Waals surface area contributed by atoms with Gasteiger partial charge in [0.15, 0.2) is 5.82 Å². The van der Waals surface area contributed by atoms with Crippen molar-refractivity contribution in [3.63, 3.8) is 0 Å². The Balaban J connectivity index is 1.67. The highest BCUT2D eigenvalue weighted by atomic mass is 16.5. The summed E-state index contributed by atoms with van der Waals surface area (Å²) in [5.41, 5.74) is 0. The van der Waals surface area contributed by atoms with Crippen molar-refractivity contribution in [3.8, 4) is 0 Å². The fraction of sp³-hybridized carbons (Fsp3) is 0.700. The molecule has 1 aromatic rings. The lowest BCUT2D eigenvalue weighted by molar-refractivity contribution is -0.127. The van der Waals surface area contributed by atoms with E-state index in [0.717, 1.165) is 31.6 Å². The summed E-state index contributed by atoms with van der Waals surface area (Å²) in [7, 11) is 1.80. The van der Waals surface area contributed by atoms with Crippen LogP contribution in [0, 0.1) is 0 Å². The third kappa shape index (κ3) is 1.64. The zero-order valence-electron chi connectivity index (χ0n) is 9.14. The van der Waals surface area contributed by atoms with Gasteiger partial charge in [0.05, 0.1) is 0 Å². The van der Waals surface area contributed by atoms with E-state index in [4.69, 9.17) is 4.52 Å². The average molecular weight is 222 g/mol. The van der Waals surface area contributed by atoms with Crippen molar-refractivity contribution < 1.29 is 9.32 Å². The van der Waals surface area contributed by atoms with Gasteiger partial charge < -0.3 is 14.7 Å². The molecule has 1 saturated carbocycles. The molecule has 0 bridgehead atoms. The molecular weight excluding hydrogens is 208 g/mol. The summed E-state index contributed by atoms with van der Waals surface area (Å²) in [5.74, 6) is 1.33. The van der Waals surface area contributed by atoms with Crippen molar-refractivity contribution >= 4 is 11.9 Å². The topological polar surface area (TPSA) is 71.3 Å². The Morgan fingerprint density at radius 1 is 1.44 bits per heavy atom. The number of amides is 1. The van der Waals surface area contributed by atoms with E-state index in [2.05, 4.69) is 15.5 Å². The second kappa shape index (κ2) is 3.47. The predicted octanol–water partition coefficient (Wildman–Crippen LogP) is 0.590. The molecule has 1 N–H and O–H groups in total. The molecule has 86 valence electrons. The highest BCUT2D eigenvalue weighted by molar-refractivity contribution is 5.85. The first-order valence-corrected chi connectivity index (χ1v) is 5.59. The first-order valence-electron chi connectivity index (χ1n) is 5.59. The molecule has 2 aliphatic rings. The van der Waals surface area contributed by atoms with E-state index in [1.165, 1.54) is 0 Å². The molecule has 6 nitrogen and oxygen atoms in total. The minimum Gasteiger partial charge on any atom is -0.344 e. The number of anilines is 1. The molecule has 2 fully saturated rings. The molecule has 3 rings (SSSR count). The summed E-state index contributed by atoms with van der Waals surface area (Å²) in [6, 6.07) is 0.160. The van der Waals surface area contributed by atoms with Crippen LogP contribution in [0.4, 0.5) is 6.01 Å². The fourth-order valence-electron chi connectivity index (χ4n) is 1.91. The van der Waals surface area contributed by atoms with Gasteiger partial charge in [-0.1, -0.05) is 5.16 Å². The molecule has 1 aromatic heterocycles. The second-order valence-electron chi connectivity index (χ2n) is 4.48. The number of likely N-dealkylation sites (N-methyl/N-ethyl adjacent to an activating group) is 1. The van der Waals surface area contributed by atoms with Crippen LogP contribution in [-0.4, -0.2) is 40.6 Å². The Kier molecular flexibility index (Phi) is 2.08. The maximum atomic E-state index is 11.6. The first-order chi connectivity index (χ1) is 7.74. The van der Waals surface area contributed by atoms with Gasteiger partial charge in [0, 0.05) is 19.5 Å². The summed E-state index contributed by atoms with van der Waals surface area (Å²) in [6.45, 7) is 0.778. The van der Waals surface area contributed by atoms with Crippen LogP contribution in [0.5, 0.6) is 0 Å². The van der Waals surface area contributed by atoms with Crippen LogP contribution < -0.4 is 5.32 Å². The number of likely N-dealkylation sites (tertiary alicyclic amines) is 1. The van der Waals surface area contributed by atoms with Crippen molar-refractivity contribution in [2.75, 3.05) is 18.9 Å². The predicted molar refractivity (Wildman–Crippen MR) is 55.9 cm³/mol. The fourth-order valence-corrected chi connectivity index (χ4v) is 1.91. The normalized spacial score (nSPS) is 25.2. The number of nitrogens with zero attached hydrogens (tertiary/aromatic N) is 3. The lowest BCUT2D eigenvalue weighted by atomic mass is 10.2. The Hall–Kier alpha value is -1.59. The van der Waals surface area contributed by atoms with E-state index < -0.39 is 0 Å². The van der Waals surface area contributed by atoms with Crippen molar-refractivity contribution in [2.24, 2.45) is 0 Å². The van der Waals surface area contributed by atoms with E-state index in [0.29, 0.717) is 11.9 Å². The molecule has 2 heterocycles. The summed E-state index contributed by atoms with van der Waals surface area (Å²) in [6.07, 6.45) is 3.07. The van der Waals surface area contributed by atoms with E-state index in [-0.39, 0.29) is 11.9 Å². The van der Waals surface area contributed by atoms with Gasteiger partial charge >= 0.3 is 6.01 Å². The van der Waals surface area contributed by atoms with Crippen molar-refractivity contribution in [2.45, 2.75) is 31.2 Å². The quantitative estimate of drug-likeness (QED) is 0.810. The van der Waals surface area contributed by atoms with Gasteiger partial charge in [-0.2, -0.15) is 4.98 Å². The van der Waals surface area contributed by atoms with Gasteiger partial charge in [0.1, 0.15) is 6.04 Å². The van der Waals surface area contributed by atoms with Crippen LogP contribution in [0.25, 0.3) is 0 Å². The van der Waals surface area contributed by atoms with E-state index in [1.807, 2.05) is 0 Å². The third-order valence-electron chi connectivity index (χ3n) is 3.11. The highest BCUT2D eigenvalue weighted by Crippen LogP contribution is 2.38. The molecule has 0 radical (unpaired) electrons. The molecule has 1 atom stereocenters. The summed E-state index contributed by atoms with van der Waals surface area (Å²) < 4.78 is 5.07. The number of rotatable bonds is 3. The van der Waals surface area contributed by atoms with Gasteiger partial charge in [0.25, 0.3) is 0 Å². The molecule has 16 heavy (non-hydrogen) atoms. The van der Waals surface area contributed by atoms with E-state index in [9.17, 15) is 4.79 Å². The van der Waals surface area contributed by atoms with Crippen molar-refractivity contribution in [1.29, 1.82) is 0 Å². The Morgan fingerprint density at radius 3 is 2.88 bits per heavy atom. The monoisotopic (exact) mass is 222 g/mol. The van der Waals surface area contributed by atoms with Crippen molar-refractivity contribution in [1.82, 2.24) is 15.0 Å². The second-order valence-corrected chi connectivity index (χ2v) is 4.48. The average Bonchev–Trinajstić information content (AvgIpc) is 2.96. The Morgan fingerprint density at radius 2 is 2.25 bits per heavy atom. The molecule has 6 heteroatoms. The number of hydrogen-bond donors (Lipinski definition) is 1. The van der Waals surface area contributed by atoms with E-state index in [1.54, 1.807) is 11.9 Å². The van der Waals surface area contributed by atoms with Crippen LogP contribution in [0.2, 0.25) is 0 Å². The molecule has 1 amide bonds.